The van der Waals surface area contributed by atoms with E-state index in [1.807, 2.05) is 25.1 Å². The second-order valence-corrected chi connectivity index (χ2v) is 6.51. The van der Waals surface area contributed by atoms with Gasteiger partial charge in [0.1, 0.15) is 0 Å². The quantitative estimate of drug-likeness (QED) is 0.490. The Hall–Kier alpha value is -4.00. The van der Waals surface area contributed by atoms with Crippen molar-refractivity contribution in [3.8, 4) is 0 Å². The fraction of sp³-hybridized carbons (Fsp3) is 0.0909. The standard InChI is InChI=1S/C22H19N3O4/c1-15-5-7-18(8-6-15)22(27)24-19-4-2-3-16(13-19)14-23-21(26)17-9-11-20(12-10-17)25(28)29/h2-13H,14H2,1H3,(H,23,26)(H,24,27). The Morgan fingerprint density at radius 2 is 1.52 bits per heavy atom. The van der Waals surface area contributed by atoms with Crippen molar-refractivity contribution < 1.29 is 14.5 Å². The van der Waals surface area contributed by atoms with Crippen molar-refractivity contribution in [3.05, 3.63) is 105 Å². The van der Waals surface area contributed by atoms with Gasteiger partial charge in [-0.05, 0) is 48.9 Å². The zero-order chi connectivity index (χ0) is 20.8. The average molecular weight is 389 g/mol. The van der Waals surface area contributed by atoms with Crippen LogP contribution in [0.5, 0.6) is 0 Å². The van der Waals surface area contributed by atoms with Gasteiger partial charge in [0.25, 0.3) is 17.5 Å². The Labute approximate surface area is 167 Å². The molecule has 0 bridgehead atoms. The van der Waals surface area contributed by atoms with Crippen LogP contribution in [0.15, 0.2) is 72.8 Å². The summed E-state index contributed by atoms with van der Waals surface area (Å²) in [5, 5.41) is 16.3. The Morgan fingerprint density at radius 3 is 2.17 bits per heavy atom. The van der Waals surface area contributed by atoms with Gasteiger partial charge in [-0.15, -0.1) is 0 Å². The van der Waals surface area contributed by atoms with Gasteiger partial charge in [0.2, 0.25) is 0 Å². The number of carbonyl (C=O) groups excluding carboxylic acids is 2. The van der Waals surface area contributed by atoms with Crippen LogP contribution in [0.4, 0.5) is 11.4 Å². The van der Waals surface area contributed by atoms with Gasteiger partial charge in [0.15, 0.2) is 0 Å². The highest BCUT2D eigenvalue weighted by atomic mass is 16.6. The van der Waals surface area contributed by atoms with Gasteiger partial charge in [-0.3, -0.25) is 19.7 Å². The predicted molar refractivity (Wildman–Crippen MR) is 110 cm³/mol. The summed E-state index contributed by atoms with van der Waals surface area (Å²) in [5.41, 5.74) is 3.33. The lowest BCUT2D eigenvalue weighted by Crippen LogP contribution is -2.22. The van der Waals surface area contributed by atoms with Crippen molar-refractivity contribution in [2.75, 3.05) is 5.32 Å². The molecule has 3 rings (SSSR count). The van der Waals surface area contributed by atoms with E-state index in [0.717, 1.165) is 11.1 Å². The number of nitrogens with zero attached hydrogens (tertiary/aromatic N) is 1. The highest BCUT2D eigenvalue weighted by Crippen LogP contribution is 2.14. The number of carbonyl (C=O) groups is 2. The molecule has 0 radical (unpaired) electrons. The van der Waals surface area contributed by atoms with Gasteiger partial charge in [-0.1, -0.05) is 29.8 Å². The molecule has 0 saturated heterocycles. The van der Waals surface area contributed by atoms with Crippen molar-refractivity contribution in [2.45, 2.75) is 13.5 Å². The molecule has 0 saturated carbocycles. The summed E-state index contributed by atoms with van der Waals surface area (Å²) < 4.78 is 0. The van der Waals surface area contributed by atoms with Crippen molar-refractivity contribution in [1.82, 2.24) is 5.32 Å². The lowest BCUT2D eigenvalue weighted by Gasteiger charge is -2.09. The van der Waals surface area contributed by atoms with Crippen LogP contribution in [0.25, 0.3) is 0 Å². The summed E-state index contributed by atoms with van der Waals surface area (Å²) in [6.07, 6.45) is 0. The molecule has 3 aromatic rings. The Kier molecular flexibility index (Phi) is 5.99. The first-order valence-corrected chi connectivity index (χ1v) is 8.92. The zero-order valence-electron chi connectivity index (χ0n) is 15.7. The van der Waals surface area contributed by atoms with Crippen LogP contribution < -0.4 is 10.6 Å². The topological polar surface area (TPSA) is 101 Å². The molecular formula is C22H19N3O4. The van der Waals surface area contributed by atoms with E-state index in [4.69, 9.17) is 0 Å². The molecule has 0 aromatic heterocycles. The minimum absolute atomic E-state index is 0.0708. The van der Waals surface area contributed by atoms with Gasteiger partial charge in [-0.25, -0.2) is 0 Å². The number of rotatable bonds is 6. The van der Waals surface area contributed by atoms with E-state index in [0.29, 0.717) is 16.8 Å². The van der Waals surface area contributed by atoms with E-state index >= 15 is 0 Å². The molecule has 2 N–H and O–H groups in total. The number of amides is 2. The SMILES string of the molecule is Cc1ccc(C(=O)Nc2cccc(CNC(=O)c3ccc([N+](=O)[O-])cc3)c2)cc1. The summed E-state index contributed by atoms with van der Waals surface area (Å²) >= 11 is 0. The maximum atomic E-state index is 12.3. The average Bonchev–Trinajstić information content (AvgIpc) is 2.73. The van der Waals surface area contributed by atoms with Crippen LogP contribution >= 0.6 is 0 Å². The Bertz CT molecular complexity index is 1040. The number of aryl methyl sites for hydroxylation is 1. The van der Waals surface area contributed by atoms with Crippen molar-refractivity contribution in [2.24, 2.45) is 0 Å². The minimum atomic E-state index is -0.516. The van der Waals surface area contributed by atoms with E-state index in [9.17, 15) is 19.7 Å². The van der Waals surface area contributed by atoms with Gasteiger partial charge < -0.3 is 10.6 Å². The van der Waals surface area contributed by atoms with Gasteiger partial charge >= 0.3 is 0 Å². The third kappa shape index (κ3) is 5.26. The fourth-order valence-electron chi connectivity index (χ4n) is 2.69. The van der Waals surface area contributed by atoms with Crippen molar-refractivity contribution >= 4 is 23.2 Å². The molecule has 0 fully saturated rings. The third-order valence-corrected chi connectivity index (χ3v) is 4.29. The smallest absolute Gasteiger partial charge is 0.269 e. The van der Waals surface area contributed by atoms with Crippen LogP contribution in [-0.4, -0.2) is 16.7 Å². The lowest BCUT2D eigenvalue weighted by molar-refractivity contribution is -0.384. The number of anilines is 1. The molecule has 7 nitrogen and oxygen atoms in total. The van der Waals surface area contributed by atoms with Crippen LogP contribution in [-0.2, 0) is 6.54 Å². The molecule has 0 aliphatic carbocycles. The number of benzene rings is 3. The predicted octanol–water partition coefficient (Wildman–Crippen LogP) is 4.09. The molecule has 0 atom stereocenters. The second kappa shape index (κ2) is 8.79. The lowest BCUT2D eigenvalue weighted by atomic mass is 10.1. The molecule has 0 aliphatic heterocycles. The highest BCUT2D eigenvalue weighted by Gasteiger charge is 2.10. The number of hydrogen-bond donors (Lipinski definition) is 2. The molecule has 7 heteroatoms. The first-order chi connectivity index (χ1) is 13.9. The maximum absolute atomic E-state index is 12.3. The van der Waals surface area contributed by atoms with Crippen LogP contribution in [0.2, 0.25) is 0 Å². The summed E-state index contributed by atoms with van der Waals surface area (Å²) in [7, 11) is 0. The fourth-order valence-corrected chi connectivity index (χ4v) is 2.69. The molecule has 29 heavy (non-hydrogen) atoms. The number of hydrogen-bond acceptors (Lipinski definition) is 4. The molecule has 0 spiro atoms. The zero-order valence-corrected chi connectivity index (χ0v) is 15.7. The van der Waals surface area contributed by atoms with Crippen LogP contribution in [0.3, 0.4) is 0 Å². The van der Waals surface area contributed by atoms with E-state index in [1.165, 1.54) is 24.3 Å². The molecule has 146 valence electrons. The van der Waals surface area contributed by atoms with Crippen LogP contribution in [0, 0.1) is 17.0 Å². The van der Waals surface area contributed by atoms with E-state index in [-0.39, 0.29) is 24.0 Å². The molecule has 2 amide bonds. The molecular weight excluding hydrogens is 370 g/mol. The first-order valence-electron chi connectivity index (χ1n) is 8.92. The Morgan fingerprint density at radius 1 is 0.897 bits per heavy atom. The van der Waals surface area contributed by atoms with Gasteiger partial charge in [0, 0.05) is 35.5 Å². The summed E-state index contributed by atoms with van der Waals surface area (Å²) in [6, 6.07) is 19.8. The second-order valence-electron chi connectivity index (χ2n) is 6.51. The normalized spacial score (nSPS) is 10.2. The summed E-state index contributed by atoms with van der Waals surface area (Å²) in [6.45, 7) is 2.21. The molecule has 0 aliphatic rings. The number of non-ortho nitro benzene ring substituents is 1. The van der Waals surface area contributed by atoms with Crippen molar-refractivity contribution in [3.63, 3.8) is 0 Å². The largest absolute Gasteiger partial charge is 0.348 e. The summed E-state index contributed by atoms with van der Waals surface area (Å²) in [4.78, 5) is 34.7. The van der Waals surface area contributed by atoms with Crippen molar-refractivity contribution in [1.29, 1.82) is 0 Å². The number of nitro benzene ring substituents is 1. The maximum Gasteiger partial charge on any atom is 0.269 e. The van der Waals surface area contributed by atoms with E-state index in [1.54, 1.807) is 30.3 Å². The van der Waals surface area contributed by atoms with E-state index < -0.39 is 4.92 Å². The minimum Gasteiger partial charge on any atom is -0.348 e. The Balaban J connectivity index is 1.60. The number of nitro groups is 1. The first kappa shape index (κ1) is 19.8. The molecule has 0 unspecified atom stereocenters. The molecule has 0 heterocycles. The van der Waals surface area contributed by atoms with Gasteiger partial charge in [0.05, 0.1) is 4.92 Å². The summed E-state index contributed by atoms with van der Waals surface area (Å²) in [5.74, 6) is -0.550. The number of nitrogens with one attached hydrogen (secondary N) is 2. The van der Waals surface area contributed by atoms with Crippen LogP contribution in [0.1, 0.15) is 31.8 Å². The van der Waals surface area contributed by atoms with Gasteiger partial charge in [-0.2, -0.15) is 0 Å². The molecule has 3 aromatic carbocycles. The van der Waals surface area contributed by atoms with E-state index in [2.05, 4.69) is 10.6 Å². The third-order valence-electron chi connectivity index (χ3n) is 4.29. The monoisotopic (exact) mass is 389 g/mol. The highest BCUT2D eigenvalue weighted by molar-refractivity contribution is 6.04.